The van der Waals surface area contributed by atoms with E-state index >= 15 is 0 Å². The first-order chi connectivity index (χ1) is 13.0. The average molecular weight is 392 g/mol. The van der Waals surface area contributed by atoms with Crippen LogP contribution in [0, 0.1) is 11.8 Å². The fraction of sp³-hybridized carbons (Fsp3) is 0.579. The van der Waals surface area contributed by atoms with Gasteiger partial charge in [-0.05, 0) is 34.9 Å². The lowest BCUT2D eigenvalue weighted by molar-refractivity contribution is -0.931. The number of halogens is 1. The molecule has 146 valence electrons. The molecule has 3 N–H and O–H groups in total. The van der Waals surface area contributed by atoms with Crippen molar-refractivity contribution in [1.82, 2.24) is 20.2 Å². The number of nitrogens with one attached hydrogen (secondary N) is 1. The van der Waals surface area contributed by atoms with Crippen LogP contribution >= 0.6 is 11.6 Å². The van der Waals surface area contributed by atoms with E-state index in [1.807, 2.05) is 28.9 Å². The number of piperidine rings is 1. The smallest absolute Gasteiger partial charge is 0.220 e. The summed E-state index contributed by atoms with van der Waals surface area (Å²) in [4.78, 5) is 12.9. The fourth-order valence-corrected chi connectivity index (χ4v) is 3.87. The van der Waals surface area contributed by atoms with E-state index in [2.05, 4.69) is 29.4 Å². The van der Waals surface area contributed by atoms with Crippen molar-refractivity contribution in [2.45, 2.75) is 45.7 Å². The van der Waals surface area contributed by atoms with Crippen molar-refractivity contribution in [3.8, 4) is 0 Å². The van der Waals surface area contributed by atoms with Crippen LogP contribution in [0.3, 0.4) is 0 Å². The number of carbonyl (C=O) groups is 1. The lowest BCUT2D eigenvalue weighted by atomic mass is 9.93. The van der Waals surface area contributed by atoms with Gasteiger partial charge in [0.1, 0.15) is 0 Å². The molecule has 0 radical (unpaired) electrons. The van der Waals surface area contributed by atoms with E-state index in [1.165, 1.54) is 4.90 Å². The Morgan fingerprint density at radius 1 is 1.30 bits per heavy atom. The van der Waals surface area contributed by atoms with Gasteiger partial charge in [0.25, 0.3) is 0 Å². The van der Waals surface area contributed by atoms with Crippen molar-refractivity contribution in [1.29, 1.82) is 0 Å². The van der Waals surface area contributed by atoms with Crippen LogP contribution in [-0.4, -0.2) is 39.2 Å². The number of quaternary nitrogens is 1. The Morgan fingerprint density at radius 2 is 1.96 bits per heavy atom. The summed E-state index contributed by atoms with van der Waals surface area (Å²) in [5, 5.41) is 13.3. The first kappa shape index (κ1) is 19.8. The molecule has 1 aliphatic rings. The largest absolute Gasteiger partial charge is 0.369 e. The Kier molecular flexibility index (Phi) is 6.44. The number of primary amides is 1. The Morgan fingerprint density at radius 3 is 2.56 bits per heavy atom. The maximum Gasteiger partial charge on any atom is 0.220 e. The zero-order chi connectivity index (χ0) is 19.4. The maximum absolute atomic E-state index is 11.5. The average Bonchev–Trinajstić information content (AvgIpc) is 3.10. The number of likely N-dealkylation sites (tertiary alicyclic amines) is 1. The number of tetrazole rings is 1. The van der Waals surface area contributed by atoms with E-state index in [0.717, 1.165) is 50.3 Å². The van der Waals surface area contributed by atoms with Crippen LogP contribution in [-0.2, 0) is 11.3 Å². The normalized spacial score (nSPS) is 21.3. The summed E-state index contributed by atoms with van der Waals surface area (Å²) in [6.07, 6.45) is 2.61. The Balaban J connectivity index is 1.89. The molecule has 0 unspecified atom stereocenters. The molecule has 1 saturated heterocycles. The number of benzene rings is 1. The zero-order valence-corrected chi connectivity index (χ0v) is 16.7. The van der Waals surface area contributed by atoms with Gasteiger partial charge in [-0.15, -0.1) is 5.10 Å². The third-order valence-corrected chi connectivity index (χ3v) is 5.63. The highest BCUT2D eigenvalue weighted by molar-refractivity contribution is 6.30. The third-order valence-electron chi connectivity index (χ3n) is 5.38. The van der Waals surface area contributed by atoms with E-state index in [0.29, 0.717) is 10.9 Å². The van der Waals surface area contributed by atoms with Crippen LogP contribution in [0.25, 0.3) is 0 Å². The van der Waals surface area contributed by atoms with Gasteiger partial charge < -0.3 is 10.6 Å². The number of amides is 1. The number of hydrogen-bond acceptors (Lipinski definition) is 4. The lowest BCUT2D eigenvalue weighted by Crippen LogP contribution is -3.13. The first-order valence-electron chi connectivity index (χ1n) is 9.61. The molecule has 8 heteroatoms. The second-order valence-electron chi connectivity index (χ2n) is 7.76. The van der Waals surface area contributed by atoms with E-state index < -0.39 is 0 Å². The summed E-state index contributed by atoms with van der Waals surface area (Å²) in [5.74, 6) is 1.22. The monoisotopic (exact) mass is 391 g/mol. The molecule has 1 aromatic heterocycles. The second kappa shape index (κ2) is 8.80. The van der Waals surface area contributed by atoms with Crippen molar-refractivity contribution in [2.75, 3.05) is 13.1 Å². The Labute approximate surface area is 164 Å². The lowest BCUT2D eigenvalue weighted by Gasteiger charge is -2.33. The molecule has 1 atom stereocenters. The van der Waals surface area contributed by atoms with E-state index in [4.69, 9.17) is 17.3 Å². The van der Waals surface area contributed by atoms with Crippen LogP contribution in [0.4, 0.5) is 0 Å². The zero-order valence-electron chi connectivity index (χ0n) is 15.9. The predicted octanol–water partition coefficient (Wildman–Crippen LogP) is 1.24. The molecule has 1 aromatic carbocycles. The summed E-state index contributed by atoms with van der Waals surface area (Å²) < 4.78 is 1.92. The molecule has 7 nitrogen and oxygen atoms in total. The SMILES string of the molecule is CC(C)CCn1nnnc1[C@@H](c1ccc(Cl)cc1)[NH+]1CCC(C(N)=O)CC1. The number of rotatable bonds is 7. The van der Waals surface area contributed by atoms with Crippen LogP contribution in [0.5, 0.6) is 0 Å². The highest BCUT2D eigenvalue weighted by Crippen LogP contribution is 2.22. The van der Waals surface area contributed by atoms with E-state index in [1.54, 1.807) is 0 Å². The van der Waals surface area contributed by atoms with Gasteiger partial charge in [0, 0.05) is 35.9 Å². The van der Waals surface area contributed by atoms with Crippen LogP contribution in [0.1, 0.15) is 50.5 Å². The van der Waals surface area contributed by atoms with Crippen LogP contribution < -0.4 is 10.6 Å². The van der Waals surface area contributed by atoms with Crippen molar-refractivity contribution < 1.29 is 9.69 Å². The number of aryl methyl sites for hydroxylation is 1. The molecule has 2 aromatic rings. The van der Waals surface area contributed by atoms with Gasteiger partial charge in [-0.3, -0.25) is 4.79 Å². The third kappa shape index (κ3) is 4.84. The van der Waals surface area contributed by atoms with E-state index in [-0.39, 0.29) is 17.9 Å². The molecular formula is C19H28ClN6O+. The second-order valence-corrected chi connectivity index (χ2v) is 8.20. The van der Waals surface area contributed by atoms with Crippen LogP contribution in [0.2, 0.25) is 5.02 Å². The van der Waals surface area contributed by atoms with E-state index in [9.17, 15) is 4.79 Å². The quantitative estimate of drug-likeness (QED) is 0.742. The minimum absolute atomic E-state index is 0.0123. The number of nitrogens with zero attached hydrogens (tertiary/aromatic N) is 4. The highest BCUT2D eigenvalue weighted by Gasteiger charge is 2.35. The van der Waals surface area contributed by atoms with Crippen LogP contribution in [0.15, 0.2) is 24.3 Å². The molecule has 2 heterocycles. The highest BCUT2D eigenvalue weighted by atomic mass is 35.5. The van der Waals surface area contributed by atoms with Crippen molar-refractivity contribution in [3.05, 3.63) is 40.7 Å². The maximum atomic E-state index is 11.5. The molecule has 0 aliphatic carbocycles. The molecule has 0 saturated carbocycles. The van der Waals surface area contributed by atoms with Gasteiger partial charge >= 0.3 is 0 Å². The molecule has 1 aliphatic heterocycles. The number of aromatic nitrogens is 4. The van der Waals surface area contributed by atoms with Gasteiger partial charge in [0.05, 0.1) is 13.1 Å². The fourth-order valence-electron chi connectivity index (χ4n) is 3.74. The summed E-state index contributed by atoms with van der Waals surface area (Å²) in [6.45, 7) is 6.90. The van der Waals surface area contributed by atoms with Crippen molar-refractivity contribution in [3.63, 3.8) is 0 Å². The molecule has 0 spiro atoms. The van der Waals surface area contributed by atoms with Crippen molar-refractivity contribution in [2.24, 2.45) is 17.6 Å². The van der Waals surface area contributed by atoms with Gasteiger partial charge in [0.15, 0.2) is 6.04 Å². The standard InChI is InChI=1S/C19H27ClN6O/c1-13(2)7-12-26-19(22-23-24-26)17(14-3-5-16(20)6-4-14)25-10-8-15(9-11-25)18(21)27/h3-6,13,15,17H,7-12H2,1-2H3,(H2,21,27)/p+1/t17-/m1/s1. The molecule has 27 heavy (non-hydrogen) atoms. The number of hydrogen-bond donors (Lipinski definition) is 2. The minimum atomic E-state index is -0.196. The summed E-state index contributed by atoms with van der Waals surface area (Å²) >= 11 is 6.09. The molecule has 3 rings (SSSR count). The van der Waals surface area contributed by atoms with Crippen molar-refractivity contribution >= 4 is 17.5 Å². The summed E-state index contributed by atoms with van der Waals surface area (Å²) in [5.41, 5.74) is 6.64. The number of carbonyl (C=O) groups excluding carboxylic acids is 1. The minimum Gasteiger partial charge on any atom is -0.369 e. The van der Waals surface area contributed by atoms with Gasteiger partial charge in [0.2, 0.25) is 11.7 Å². The summed E-state index contributed by atoms with van der Waals surface area (Å²) in [6, 6.07) is 7.91. The molecule has 0 bridgehead atoms. The Hall–Kier alpha value is -1.99. The topological polar surface area (TPSA) is 91.1 Å². The van der Waals surface area contributed by atoms with Gasteiger partial charge in [-0.1, -0.05) is 37.6 Å². The summed E-state index contributed by atoms with van der Waals surface area (Å²) in [7, 11) is 0. The molecule has 1 amide bonds. The predicted molar refractivity (Wildman–Crippen MR) is 103 cm³/mol. The Bertz CT molecular complexity index is 752. The molecular weight excluding hydrogens is 364 g/mol. The van der Waals surface area contributed by atoms with Gasteiger partial charge in [-0.25, -0.2) is 4.68 Å². The molecule has 1 fully saturated rings. The number of nitrogens with two attached hydrogens (primary N) is 1. The van der Waals surface area contributed by atoms with Gasteiger partial charge in [-0.2, -0.15) is 0 Å². The first-order valence-corrected chi connectivity index (χ1v) is 9.99.